The van der Waals surface area contributed by atoms with Crippen LogP contribution >= 0.6 is 0 Å². The lowest BCUT2D eigenvalue weighted by atomic mass is 10.3. The summed E-state index contributed by atoms with van der Waals surface area (Å²) in [7, 11) is 0. The molecule has 0 aliphatic rings. The van der Waals surface area contributed by atoms with Crippen LogP contribution in [0.3, 0.4) is 0 Å². The Labute approximate surface area is 81.9 Å². The van der Waals surface area contributed by atoms with Crippen molar-refractivity contribution < 1.29 is 5.11 Å². The average molecular weight is 187 g/mol. The van der Waals surface area contributed by atoms with E-state index < -0.39 is 0 Å². The molecule has 1 aromatic rings. The van der Waals surface area contributed by atoms with E-state index in [4.69, 9.17) is 10.5 Å². The maximum Gasteiger partial charge on any atom is 0.191 e. The van der Waals surface area contributed by atoms with E-state index in [-0.39, 0.29) is 18.8 Å². The second-order valence-corrected chi connectivity index (χ2v) is 2.88. The Balaban J connectivity index is 2.84. The van der Waals surface area contributed by atoms with Gasteiger partial charge in [0.2, 0.25) is 0 Å². The van der Waals surface area contributed by atoms with Gasteiger partial charge in [-0.15, -0.1) is 0 Å². The average Bonchev–Trinajstić information content (AvgIpc) is 2.47. The van der Waals surface area contributed by atoms with Gasteiger partial charge in [-0.25, -0.2) is 0 Å². The maximum absolute atomic E-state index is 9.41. The zero-order chi connectivity index (χ0) is 10.6. The van der Waals surface area contributed by atoms with Crippen molar-refractivity contribution in [3.63, 3.8) is 0 Å². The van der Waals surface area contributed by atoms with Crippen LogP contribution in [-0.4, -0.2) is 9.67 Å². The highest BCUT2D eigenvalue weighted by Gasteiger charge is 2.04. The van der Waals surface area contributed by atoms with Crippen LogP contribution in [0.1, 0.15) is 5.56 Å². The Kier molecular flexibility index (Phi) is 2.93. The van der Waals surface area contributed by atoms with Gasteiger partial charge in [0, 0.05) is 17.8 Å². The molecule has 70 valence electrons. The summed E-state index contributed by atoms with van der Waals surface area (Å²) in [5.74, 6) is 0.0478. The standard InChI is InChI=1S/C10H9N3O/c1-8(5-12)6-13-7-9(2-3-11)4-10(13)14/h4,7,14H,1-2,6H2. The molecule has 0 aliphatic carbocycles. The lowest BCUT2D eigenvalue weighted by Crippen LogP contribution is -1.96. The minimum atomic E-state index is 0.0478. The van der Waals surface area contributed by atoms with Crippen molar-refractivity contribution in [2.75, 3.05) is 0 Å². The number of allylic oxidation sites excluding steroid dienone is 1. The third kappa shape index (κ3) is 2.15. The second-order valence-electron chi connectivity index (χ2n) is 2.88. The molecule has 0 unspecified atom stereocenters. The van der Waals surface area contributed by atoms with Gasteiger partial charge in [-0.2, -0.15) is 10.5 Å². The molecule has 0 atom stereocenters. The van der Waals surface area contributed by atoms with Crippen LogP contribution in [0.4, 0.5) is 0 Å². The molecule has 0 saturated carbocycles. The highest BCUT2D eigenvalue weighted by atomic mass is 16.3. The topological polar surface area (TPSA) is 72.7 Å². The van der Waals surface area contributed by atoms with Crippen molar-refractivity contribution in [2.45, 2.75) is 13.0 Å². The zero-order valence-corrected chi connectivity index (χ0v) is 7.56. The van der Waals surface area contributed by atoms with Crippen LogP contribution < -0.4 is 0 Å². The van der Waals surface area contributed by atoms with Gasteiger partial charge in [0.05, 0.1) is 25.1 Å². The molecular weight excluding hydrogens is 178 g/mol. The van der Waals surface area contributed by atoms with Crippen LogP contribution in [0.5, 0.6) is 5.88 Å². The van der Waals surface area contributed by atoms with Crippen molar-refractivity contribution in [3.8, 4) is 18.0 Å². The minimum absolute atomic E-state index is 0.0478. The van der Waals surface area contributed by atoms with E-state index in [1.807, 2.05) is 12.1 Å². The lowest BCUT2D eigenvalue weighted by Gasteiger charge is -2.00. The molecule has 0 fully saturated rings. The Morgan fingerprint density at radius 3 is 2.86 bits per heavy atom. The van der Waals surface area contributed by atoms with Gasteiger partial charge in [-0.3, -0.25) is 0 Å². The second kappa shape index (κ2) is 4.15. The summed E-state index contributed by atoms with van der Waals surface area (Å²) < 4.78 is 1.48. The molecule has 1 rings (SSSR count). The van der Waals surface area contributed by atoms with Gasteiger partial charge in [-0.05, 0) is 5.56 Å². The molecule has 0 bridgehead atoms. The Bertz CT molecular complexity index is 431. The summed E-state index contributed by atoms with van der Waals surface area (Å²) in [6.07, 6.45) is 1.89. The van der Waals surface area contributed by atoms with E-state index >= 15 is 0 Å². The van der Waals surface area contributed by atoms with E-state index in [0.717, 1.165) is 5.56 Å². The van der Waals surface area contributed by atoms with Gasteiger partial charge in [0.25, 0.3) is 0 Å². The first-order chi connectivity index (χ1) is 6.67. The Morgan fingerprint density at radius 2 is 2.29 bits per heavy atom. The van der Waals surface area contributed by atoms with Crippen molar-refractivity contribution in [3.05, 3.63) is 30.0 Å². The van der Waals surface area contributed by atoms with Gasteiger partial charge in [0.15, 0.2) is 5.88 Å². The van der Waals surface area contributed by atoms with E-state index in [1.165, 1.54) is 10.6 Å². The fraction of sp³-hybridized carbons (Fsp3) is 0.200. The molecule has 4 heteroatoms. The first-order valence-corrected chi connectivity index (χ1v) is 4.00. The van der Waals surface area contributed by atoms with E-state index in [1.54, 1.807) is 6.20 Å². The summed E-state index contributed by atoms with van der Waals surface area (Å²) in [6.45, 7) is 3.76. The number of aromatic nitrogens is 1. The van der Waals surface area contributed by atoms with Crippen molar-refractivity contribution in [1.82, 2.24) is 4.57 Å². The molecule has 0 radical (unpaired) electrons. The molecule has 0 spiro atoms. The molecule has 1 N–H and O–H groups in total. The molecule has 1 aromatic heterocycles. The third-order valence-electron chi connectivity index (χ3n) is 1.73. The Hall–Kier alpha value is -2.20. The van der Waals surface area contributed by atoms with Gasteiger partial charge < -0.3 is 9.67 Å². The maximum atomic E-state index is 9.41. The largest absolute Gasteiger partial charge is 0.494 e. The Morgan fingerprint density at radius 1 is 1.57 bits per heavy atom. The summed E-state index contributed by atoms with van der Waals surface area (Å²) in [5.41, 5.74) is 1.09. The fourth-order valence-corrected chi connectivity index (χ4v) is 1.11. The highest BCUT2D eigenvalue weighted by molar-refractivity contribution is 5.27. The van der Waals surface area contributed by atoms with E-state index in [9.17, 15) is 5.11 Å². The van der Waals surface area contributed by atoms with E-state index in [2.05, 4.69) is 6.58 Å². The van der Waals surface area contributed by atoms with Gasteiger partial charge in [0.1, 0.15) is 0 Å². The van der Waals surface area contributed by atoms with Crippen LogP contribution in [-0.2, 0) is 13.0 Å². The molecule has 0 amide bonds. The smallest absolute Gasteiger partial charge is 0.191 e. The quantitative estimate of drug-likeness (QED) is 0.725. The fourth-order valence-electron chi connectivity index (χ4n) is 1.11. The number of hydrogen-bond donors (Lipinski definition) is 1. The number of rotatable bonds is 3. The first-order valence-electron chi connectivity index (χ1n) is 4.00. The predicted molar refractivity (Wildman–Crippen MR) is 50.2 cm³/mol. The molecule has 4 nitrogen and oxygen atoms in total. The summed E-state index contributed by atoms with van der Waals surface area (Å²) in [6, 6.07) is 5.38. The first kappa shape index (κ1) is 9.88. The number of hydrogen-bond acceptors (Lipinski definition) is 3. The van der Waals surface area contributed by atoms with Crippen LogP contribution in [0.15, 0.2) is 24.4 Å². The normalized spacial score (nSPS) is 9.00. The van der Waals surface area contributed by atoms with Crippen molar-refractivity contribution in [2.24, 2.45) is 0 Å². The SMILES string of the molecule is C=C(C#N)Cn1cc(CC#N)cc1O. The number of nitriles is 2. The lowest BCUT2D eigenvalue weighted by molar-refractivity contribution is 0.425. The summed E-state index contributed by atoms with van der Waals surface area (Å²) in [4.78, 5) is 0. The minimum Gasteiger partial charge on any atom is -0.494 e. The molecule has 14 heavy (non-hydrogen) atoms. The number of nitrogens with zero attached hydrogens (tertiary/aromatic N) is 3. The van der Waals surface area contributed by atoms with Gasteiger partial charge >= 0.3 is 0 Å². The predicted octanol–water partition coefficient (Wildman–Crippen LogP) is 1.34. The molecule has 1 heterocycles. The van der Waals surface area contributed by atoms with Crippen molar-refractivity contribution in [1.29, 1.82) is 10.5 Å². The molecule has 0 aliphatic heterocycles. The monoisotopic (exact) mass is 187 g/mol. The molecular formula is C10H9N3O. The zero-order valence-electron chi connectivity index (χ0n) is 7.56. The van der Waals surface area contributed by atoms with E-state index in [0.29, 0.717) is 5.57 Å². The van der Waals surface area contributed by atoms with Crippen molar-refractivity contribution >= 4 is 0 Å². The summed E-state index contributed by atoms with van der Waals surface area (Å²) in [5, 5.41) is 26.3. The van der Waals surface area contributed by atoms with Gasteiger partial charge in [-0.1, -0.05) is 6.58 Å². The molecule has 0 saturated heterocycles. The highest BCUT2D eigenvalue weighted by Crippen LogP contribution is 2.16. The van der Waals surface area contributed by atoms with Crippen LogP contribution in [0.25, 0.3) is 0 Å². The van der Waals surface area contributed by atoms with Crippen LogP contribution in [0.2, 0.25) is 0 Å². The number of aromatic hydroxyl groups is 1. The molecule has 0 aromatic carbocycles. The third-order valence-corrected chi connectivity index (χ3v) is 1.73. The van der Waals surface area contributed by atoms with Crippen LogP contribution in [0, 0.1) is 22.7 Å². The summed E-state index contributed by atoms with van der Waals surface area (Å²) >= 11 is 0.